The van der Waals surface area contributed by atoms with Crippen LogP contribution in [0.4, 0.5) is 0 Å². The Balaban J connectivity index is 1.51. The van der Waals surface area contributed by atoms with E-state index < -0.39 is 12.1 Å². The van der Waals surface area contributed by atoms with Gasteiger partial charge in [-0.1, -0.05) is 11.3 Å². The van der Waals surface area contributed by atoms with Crippen molar-refractivity contribution in [3.8, 4) is 5.75 Å². The fourth-order valence-electron chi connectivity index (χ4n) is 4.66. The maximum Gasteiger partial charge on any atom is 0.252 e. The average molecular weight is 559 g/mol. The fraction of sp³-hybridized carbons (Fsp3) is 0.593. The summed E-state index contributed by atoms with van der Waals surface area (Å²) in [4.78, 5) is 41.2. The van der Waals surface area contributed by atoms with Crippen LogP contribution in [-0.2, 0) is 27.4 Å². The topological polar surface area (TPSA) is 128 Å². The molecule has 1 aromatic carbocycles. The van der Waals surface area contributed by atoms with Crippen LogP contribution in [0.15, 0.2) is 24.4 Å². The quantitative estimate of drug-likeness (QED) is 0.583. The highest BCUT2D eigenvalue weighted by Gasteiger charge is 2.29. The molecule has 2 aliphatic heterocycles. The van der Waals surface area contributed by atoms with Crippen LogP contribution < -0.4 is 15.4 Å². The second-order valence-electron chi connectivity index (χ2n) is 9.87. The van der Waals surface area contributed by atoms with Crippen LogP contribution in [-0.4, -0.2) is 88.1 Å². The van der Waals surface area contributed by atoms with Crippen LogP contribution in [0, 0.1) is 6.92 Å². The molecule has 2 atom stereocenters. The molecule has 1 saturated heterocycles. The summed E-state index contributed by atoms with van der Waals surface area (Å²) in [6.07, 6.45) is 6.70. The molecule has 39 heavy (non-hydrogen) atoms. The molecule has 1 aromatic heterocycles. The zero-order valence-corrected chi connectivity index (χ0v) is 23.5. The molecule has 3 heterocycles. The molecule has 0 spiro atoms. The highest BCUT2D eigenvalue weighted by Crippen LogP contribution is 2.19. The number of fused-ring (bicyclic) bond motifs is 4. The Labute approximate surface area is 233 Å². The maximum absolute atomic E-state index is 13.2. The van der Waals surface area contributed by atoms with Crippen LogP contribution in [0.3, 0.4) is 0 Å². The standard InChI is InChI=1S/C27H38N6O5S/c1-19-7-8-21-16-22(19)25(34)29-23(9-15-39-2)26(35)28-10-4-11-32(27(36)24-6-3-13-38-24)17-20-18-33(31-30-20)12-5-14-37-21/h7-8,16,18,23-24H,3-6,9-15,17H2,1-2H3,(H,28,35)(H,29,34)/t23-,24+/m0/s1. The molecule has 212 valence electrons. The predicted octanol–water partition coefficient (Wildman–Crippen LogP) is 1.93. The summed E-state index contributed by atoms with van der Waals surface area (Å²) in [6, 6.07) is 4.74. The number of benzene rings is 1. The van der Waals surface area contributed by atoms with E-state index in [9.17, 15) is 14.4 Å². The second kappa shape index (κ2) is 14.3. The van der Waals surface area contributed by atoms with Crippen LogP contribution in [0.2, 0.25) is 0 Å². The number of aryl methyl sites for hydroxylation is 2. The average Bonchev–Trinajstić information content (AvgIpc) is 3.63. The van der Waals surface area contributed by atoms with Crippen molar-refractivity contribution in [3.05, 3.63) is 41.2 Å². The first kappa shape index (κ1) is 28.9. The van der Waals surface area contributed by atoms with Gasteiger partial charge in [0.05, 0.1) is 19.3 Å². The van der Waals surface area contributed by atoms with Crippen LogP contribution in [0.25, 0.3) is 0 Å². The van der Waals surface area contributed by atoms with Gasteiger partial charge in [-0.3, -0.25) is 19.1 Å². The van der Waals surface area contributed by atoms with Crippen LogP contribution >= 0.6 is 11.8 Å². The van der Waals surface area contributed by atoms with E-state index in [1.54, 1.807) is 27.4 Å². The predicted molar refractivity (Wildman–Crippen MR) is 148 cm³/mol. The van der Waals surface area contributed by atoms with Crippen LogP contribution in [0.1, 0.15) is 53.7 Å². The van der Waals surface area contributed by atoms with Crippen molar-refractivity contribution in [2.75, 3.05) is 38.3 Å². The summed E-state index contributed by atoms with van der Waals surface area (Å²) < 4.78 is 13.3. The van der Waals surface area contributed by atoms with Gasteiger partial charge < -0.3 is 25.0 Å². The largest absolute Gasteiger partial charge is 0.494 e. The van der Waals surface area contributed by atoms with Crippen LogP contribution in [0.5, 0.6) is 5.75 Å². The molecule has 2 aromatic rings. The van der Waals surface area contributed by atoms with Crippen molar-refractivity contribution >= 4 is 29.5 Å². The minimum absolute atomic E-state index is 0.0643. The van der Waals surface area contributed by atoms with Gasteiger partial charge >= 0.3 is 0 Å². The molecule has 0 radical (unpaired) electrons. The number of nitrogens with zero attached hydrogens (tertiary/aromatic N) is 4. The third kappa shape index (κ3) is 8.18. The molecule has 12 heteroatoms. The molecular weight excluding hydrogens is 520 g/mol. The number of rotatable bonds is 4. The summed E-state index contributed by atoms with van der Waals surface area (Å²) in [6.45, 7) is 4.62. The zero-order chi connectivity index (χ0) is 27.6. The third-order valence-corrected chi connectivity index (χ3v) is 7.49. The van der Waals surface area contributed by atoms with Crippen molar-refractivity contribution in [1.29, 1.82) is 0 Å². The van der Waals surface area contributed by atoms with Gasteiger partial charge in [-0.15, -0.1) is 5.10 Å². The molecule has 0 aliphatic carbocycles. The SMILES string of the molecule is CSCC[C@@H]1NC(=O)c2cc(ccc2C)OCCCn2cc(nn2)CN(C(=O)[C@H]2CCCO2)CCCNC1=O. The molecule has 2 N–H and O–H groups in total. The summed E-state index contributed by atoms with van der Waals surface area (Å²) in [5.74, 6) is 0.706. The monoisotopic (exact) mass is 558 g/mol. The smallest absolute Gasteiger partial charge is 0.252 e. The molecule has 3 amide bonds. The minimum Gasteiger partial charge on any atom is -0.494 e. The summed E-state index contributed by atoms with van der Waals surface area (Å²) in [5.41, 5.74) is 1.98. The second-order valence-corrected chi connectivity index (χ2v) is 10.9. The van der Waals surface area contributed by atoms with Gasteiger partial charge in [0, 0.05) is 38.2 Å². The molecule has 0 saturated carbocycles. The first-order valence-corrected chi connectivity index (χ1v) is 14.9. The lowest BCUT2D eigenvalue weighted by molar-refractivity contribution is -0.141. The van der Waals surface area contributed by atoms with Crippen molar-refractivity contribution in [1.82, 2.24) is 30.5 Å². The molecule has 4 bridgehead atoms. The number of thioether (sulfide) groups is 1. The van der Waals surface area contributed by atoms with Crippen molar-refractivity contribution in [2.45, 2.75) is 64.3 Å². The number of hydrogen-bond donors (Lipinski definition) is 2. The summed E-state index contributed by atoms with van der Waals surface area (Å²) in [5, 5.41) is 14.3. The van der Waals surface area contributed by atoms with Crippen molar-refractivity contribution < 1.29 is 23.9 Å². The Bertz CT molecular complexity index is 1140. The number of ether oxygens (including phenoxy) is 2. The Morgan fingerprint density at radius 2 is 2.05 bits per heavy atom. The van der Waals surface area contributed by atoms with Crippen molar-refractivity contribution in [3.63, 3.8) is 0 Å². The van der Waals surface area contributed by atoms with Gasteiger partial charge in [0.1, 0.15) is 23.6 Å². The number of hydrogen-bond acceptors (Lipinski definition) is 8. The Hall–Kier alpha value is -3.12. The molecule has 1 fully saturated rings. The fourth-order valence-corrected chi connectivity index (χ4v) is 5.13. The number of aromatic nitrogens is 3. The van der Waals surface area contributed by atoms with E-state index in [0.29, 0.717) is 82.1 Å². The highest BCUT2D eigenvalue weighted by molar-refractivity contribution is 7.98. The van der Waals surface area contributed by atoms with E-state index in [2.05, 4.69) is 20.9 Å². The lowest BCUT2D eigenvalue weighted by Gasteiger charge is -2.25. The first-order chi connectivity index (χ1) is 18.9. The number of carbonyl (C=O) groups excluding carboxylic acids is 3. The summed E-state index contributed by atoms with van der Waals surface area (Å²) >= 11 is 1.62. The Morgan fingerprint density at radius 3 is 2.85 bits per heavy atom. The highest BCUT2D eigenvalue weighted by atomic mass is 32.2. The summed E-state index contributed by atoms with van der Waals surface area (Å²) in [7, 11) is 0. The van der Waals surface area contributed by atoms with E-state index in [-0.39, 0.29) is 17.7 Å². The normalized spacial score (nSPS) is 21.5. The van der Waals surface area contributed by atoms with E-state index >= 15 is 0 Å². The molecule has 0 unspecified atom stereocenters. The molecule has 11 nitrogen and oxygen atoms in total. The van der Waals surface area contributed by atoms with Gasteiger partial charge in [0.25, 0.3) is 11.8 Å². The lowest BCUT2D eigenvalue weighted by atomic mass is 10.1. The Morgan fingerprint density at radius 1 is 1.18 bits per heavy atom. The number of nitrogens with one attached hydrogen (secondary N) is 2. The van der Waals surface area contributed by atoms with E-state index in [1.807, 2.05) is 31.5 Å². The van der Waals surface area contributed by atoms with Gasteiger partial charge in [-0.25, -0.2) is 0 Å². The molecule has 4 rings (SSSR count). The van der Waals surface area contributed by atoms with Gasteiger partial charge in [0.15, 0.2) is 0 Å². The van der Waals surface area contributed by atoms with Gasteiger partial charge in [-0.2, -0.15) is 11.8 Å². The molecule has 2 aliphatic rings. The van der Waals surface area contributed by atoms with E-state index in [1.165, 1.54) is 0 Å². The van der Waals surface area contributed by atoms with Gasteiger partial charge in [-0.05, 0) is 62.3 Å². The van der Waals surface area contributed by atoms with E-state index in [0.717, 1.165) is 17.7 Å². The number of carbonyl (C=O) groups is 3. The van der Waals surface area contributed by atoms with E-state index in [4.69, 9.17) is 9.47 Å². The minimum atomic E-state index is -0.667. The third-order valence-electron chi connectivity index (χ3n) is 6.85. The van der Waals surface area contributed by atoms with Gasteiger partial charge in [0.2, 0.25) is 5.91 Å². The first-order valence-electron chi connectivity index (χ1n) is 13.5. The zero-order valence-electron chi connectivity index (χ0n) is 22.7. The van der Waals surface area contributed by atoms with Crippen molar-refractivity contribution in [2.24, 2.45) is 0 Å². The molecular formula is C27H38N6O5S. The lowest BCUT2D eigenvalue weighted by Crippen LogP contribution is -2.48. The maximum atomic E-state index is 13.2. The number of amides is 3. The Kier molecular flexibility index (Phi) is 10.6.